The van der Waals surface area contributed by atoms with Gasteiger partial charge in [-0.3, -0.25) is 4.79 Å². The largest absolute Gasteiger partial charge is 0.444 e. The van der Waals surface area contributed by atoms with Gasteiger partial charge in [-0.25, -0.2) is 9.48 Å². The van der Waals surface area contributed by atoms with Crippen molar-refractivity contribution < 1.29 is 9.53 Å². The average Bonchev–Trinajstić information content (AvgIpc) is 2.56. The minimum Gasteiger partial charge on any atom is -0.444 e. The summed E-state index contributed by atoms with van der Waals surface area (Å²) < 4.78 is 6.64. The van der Waals surface area contributed by atoms with E-state index in [0.29, 0.717) is 12.5 Å². The standard InChI is InChI=1S/C19H33N5O3/c1-14(21-18(26)27-19(2,3)4)12-20-13-15-8-10-24(11-9-15)16-6-7-17(25)23(5)22-16/h6-7,14-15,20H,8-13H2,1-5H3,(H,21,26)/t14-/m0/s1. The molecule has 2 heterocycles. The van der Waals surface area contributed by atoms with Crippen LogP contribution < -0.4 is 21.1 Å². The van der Waals surface area contributed by atoms with Crippen LogP contribution in [0.1, 0.15) is 40.5 Å². The van der Waals surface area contributed by atoms with Gasteiger partial charge in [0.15, 0.2) is 0 Å². The van der Waals surface area contributed by atoms with Crippen molar-refractivity contribution in [1.29, 1.82) is 0 Å². The summed E-state index contributed by atoms with van der Waals surface area (Å²) in [4.78, 5) is 25.4. The SMILES string of the molecule is C[C@@H](CNCC1CCN(c2ccc(=O)n(C)n2)CC1)NC(=O)OC(C)(C)C. The Morgan fingerprint density at radius 1 is 1.33 bits per heavy atom. The van der Waals surface area contributed by atoms with Crippen molar-refractivity contribution in [3.05, 3.63) is 22.5 Å². The van der Waals surface area contributed by atoms with Crippen molar-refractivity contribution >= 4 is 11.9 Å². The Balaban J connectivity index is 1.66. The van der Waals surface area contributed by atoms with E-state index in [1.165, 1.54) is 4.68 Å². The van der Waals surface area contributed by atoms with Crippen LogP contribution >= 0.6 is 0 Å². The van der Waals surface area contributed by atoms with Crippen LogP contribution in [0.25, 0.3) is 0 Å². The van der Waals surface area contributed by atoms with E-state index in [1.54, 1.807) is 19.2 Å². The molecule has 1 aliphatic heterocycles. The Morgan fingerprint density at radius 2 is 2.00 bits per heavy atom. The molecular weight excluding hydrogens is 346 g/mol. The van der Waals surface area contributed by atoms with Crippen molar-refractivity contribution in [2.45, 2.75) is 52.2 Å². The number of nitrogens with zero attached hydrogens (tertiary/aromatic N) is 3. The zero-order valence-corrected chi connectivity index (χ0v) is 17.1. The summed E-state index contributed by atoms with van der Waals surface area (Å²) in [5.74, 6) is 1.46. The highest BCUT2D eigenvalue weighted by Gasteiger charge is 2.21. The van der Waals surface area contributed by atoms with Gasteiger partial charge in [0, 0.05) is 38.8 Å². The molecule has 27 heavy (non-hydrogen) atoms. The Bertz CT molecular complexity index is 675. The van der Waals surface area contributed by atoms with E-state index in [2.05, 4.69) is 20.6 Å². The maximum atomic E-state index is 11.8. The number of aromatic nitrogens is 2. The van der Waals surface area contributed by atoms with E-state index >= 15 is 0 Å². The monoisotopic (exact) mass is 379 g/mol. The van der Waals surface area contributed by atoms with Crippen LogP contribution in [0.5, 0.6) is 0 Å². The molecule has 1 fully saturated rings. The van der Waals surface area contributed by atoms with E-state index in [9.17, 15) is 9.59 Å². The van der Waals surface area contributed by atoms with Crippen LogP contribution in [0.2, 0.25) is 0 Å². The lowest BCUT2D eigenvalue weighted by Crippen LogP contribution is -2.44. The Kier molecular flexibility index (Phi) is 7.24. The molecule has 8 nitrogen and oxygen atoms in total. The molecule has 2 N–H and O–H groups in total. The molecule has 1 amide bonds. The first-order chi connectivity index (χ1) is 12.6. The van der Waals surface area contributed by atoms with Gasteiger partial charge in [0.2, 0.25) is 0 Å². The van der Waals surface area contributed by atoms with Crippen molar-refractivity contribution in [3.63, 3.8) is 0 Å². The zero-order valence-electron chi connectivity index (χ0n) is 17.1. The number of hydrogen-bond donors (Lipinski definition) is 2. The number of alkyl carbamates (subject to hydrolysis) is 1. The van der Waals surface area contributed by atoms with Gasteiger partial charge in [-0.1, -0.05) is 0 Å². The highest BCUT2D eigenvalue weighted by atomic mass is 16.6. The van der Waals surface area contributed by atoms with Crippen molar-refractivity contribution in [2.24, 2.45) is 13.0 Å². The zero-order chi connectivity index (χ0) is 20.0. The molecule has 1 saturated heterocycles. The molecule has 0 aromatic carbocycles. The van der Waals surface area contributed by atoms with E-state index in [0.717, 1.165) is 38.3 Å². The maximum absolute atomic E-state index is 11.8. The minimum absolute atomic E-state index is 0.00902. The smallest absolute Gasteiger partial charge is 0.407 e. The molecule has 0 bridgehead atoms. The molecule has 0 saturated carbocycles. The van der Waals surface area contributed by atoms with Gasteiger partial charge in [-0.2, -0.15) is 5.10 Å². The van der Waals surface area contributed by atoms with Gasteiger partial charge in [-0.05, 0) is 59.1 Å². The molecule has 1 atom stereocenters. The number of carbonyl (C=O) groups excluding carboxylic acids is 1. The molecule has 152 valence electrons. The lowest BCUT2D eigenvalue weighted by molar-refractivity contribution is 0.0508. The summed E-state index contributed by atoms with van der Waals surface area (Å²) in [6, 6.07) is 3.37. The summed E-state index contributed by atoms with van der Waals surface area (Å²) in [5.41, 5.74) is -0.572. The molecule has 1 aromatic rings. The predicted octanol–water partition coefficient (Wildman–Crippen LogP) is 1.50. The number of amides is 1. The first-order valence-electron chi connectivity index (χ1n) is 9.63. The summed E-state index contributed by atoms with van der Waals surface area (Å²) in [6.07, 6.45) is 1.77. The number of nitrogens with one attached hydrogen (secondary N) is 2. The fourth-order valence-electron chi connectivity index (χ4n) is 3.09. The van der Waals surface area contributed by atoms with E-state index < -0.39 is 5.60 Å². The van der Waals surface area contributed by atoms with E-state index in [4.69, 9.17) is 4.74 Å². The summed E-state index contributed by atoms with van der Waals surface area (Å²) in [5, 5.41) is 10.6. The molecular formula is C19H33N5O3. The summed E-state index contributed by atoms with van der Waals surface area (Å²) in [6.45, 7) is 11.0. The highest BCUT2D eigenvalue weighted by molar-refractivity contribution is 5.68. The fraction of sp³-hybridized carbons (Fsp3) is 0.737. The number of aryl methyl sites for hydroxylation is 1. The molecule has 0 unspecified atom stereocenters. The molecule has 0 aliphatic carbocycles. The molecule has 0 spiro atoms. The molecule has 0 radical (unpaired) electrons. The van der Waals surface area contributed by atoms with Crippen LogP contribution in [0.15, 0.2) is 16.9 Å². The lowest BCUT2D eigenvalue weighted by atomic mass is 9.96. The second-order valence-electron chi connectivity index (χ2n) is 8.29. The van der Waals surface area contributed by atoms with Crippen molar-refractivity contribution in [1.82, 2.24) is 20.4 Å². The van der Waals surface area contributed by atoms with Gasteiger partial charge in [0.25, 0.3) is 5.56 Å². The Hall–Kier alpha value is -2.09. The van der Waals surface area contributed by atoms with Gasteiger partial charge in [-0.15, -0.1) is 0 Å². The van der Waals surface area contributed by atoms with Crippen LogP contribution in [-0.2, 0) is 11.8 Å². The molecule has 1 aliphatic rings. The second kappa shape index (κ2) is 9.21. The first kappa shape index (κ1) is 21.2. The van der Waals surface area contributed by atoms with Crippen molar-refractivity contribution in [3.8, 4) is 0 Å². The molecule has 1 aromatic heterocycles. The fourth-order valence-corrected chi connectivity index (χ4v) is 3.09. The van der Waals surface area contributed by atoms with Crippen LogP contribution in [0.4, 0.5) is 10.6 Å². The number of rotatable bonds is 6. The summed E-state index contributed by atoms with van der Waals surface area (Å²) in [7, 11) is 1.68. The number of anilines is 1. The topological polar surface area (TPSA) is 88.5 Å². The van der Waals surface area contributed by atoms with Crippen LogP contribution in [-0.4, -0.2) is 53.7 Å². The number of piperidine rings is 1. The minimum atomic E-state index is -0.481. The third-order valence-electron chi connectivity index (χ3n) is 4.53. The summed E-state index contributed by atoms with van der Waals surface area (Å²) >= 11 is 0. The molecule has 8 heteroatoms. The van der Waals surface area contributed by atoms with E-state index in [1.807, 2.05) is 27.7 Å². The van der Waals surface area contributed by atoms with Crippen LogP contribution in [0, 0.1) is 5.92 Å². The van der Waals surface area contributed by atoms with Gasteiger partial charge in [0.05, 0.1) is 0 Å². The third-order valence-corrected chi connectivity index (χ3v) is 4.53. The maximum Gasteiger partial charge on any atom is 0.407 e. The first-order valence-corrected chi connectivity index (χ1v) is 9.63. The van der Waals surface area contributed by atoms with Gasteiger partial charge < -0.3 is 20.3 Å². The molecule has 2 rings (SSSR count). The number of hydrogen-bond acceptors (Lipinski definition) is 6. The van der Waals surface area contributed by atoms with Crippen molar-refractivity contribution in [2.75, 3.05) is 31.1 Å². The second-order valence-corrected chi connectivity index (χ2v) is 8.29. The lowest BCUT2D eigenvalue weighted by Gasteiger charge is -2.33. The third kappa shape index (κ3) is 7.21. The van der Waals surface area contributed by atoms with E-state index in [-0.39, 0.29) is 17.7 Å². The number of carbonyl (C=O) groups is 1. The quantitative estimate of drug-likeness (QED) is 0.779. The van der Waals surface area contributed by atoms with Gasteiger partial charge >= 0.3 is 6.09 Å². The highest BCUT2D eigenvalue weighted by Crippen LogP contribution is 2.20. The Labute approximate surface area is 161 Å². The normalized spacial score (nSPS) is 16.9. The predicted molar refractivity (Wildman–Crippen MR) is 106 cm³/mol. The number of ether oxygens (including phenoxy) is 1. The van der Waals surface area contributed by atoms with Gasteiger partial charge in [0.1, 0.15) is 11.4 Å². The van der Waals surface area contributed by atoms with Crippen LogP contribution in [0.3, 0.4) is 0 Å². The Morgan fingerprint density at radius 3 is 2.59 bits per heavy atom. The average molecular weight is 380 g/mol.